The molecule has 1 aliphatic rings. The van der Waals surface area contributed by atoms with Gasteiger partial charge in [0.15, 0.2) is 0 Å². The van der Waals surface area contributed by atoms with E-state index in [1.807, 2.05) is 26.2 Å². The van der Waals surface area contributed by atoms with Crippen LogP contribution >= 0.6 is 0 Å². The highest BCUT2D eigenvalue weighted by Crippen LogP contribution is 2.32. The number of nitrogens with one attached hydrogen (secondary N) is 1. The summed E-state index contributed by atoms with van der Waals surface area (Å²) < 4.78 is 1.74. The van der Waals surface area contributed by atoms with Crippen molar-refractivity contribution in [2.75, 3.05) is 13.1 Å². The Kier molecular flexibility index (Phi) is 2.80. The molecule has 0 saturated carbocycles. The molecule has 0 bridgehead atoms. The van der Waals surface area contributed by atoms with Crippen LogP contribution in [-0.4, -0.2) is 28.0 Å². The molecule has 2 atom stereocenters. The van der Waals surface area contributed by atoms with Crippen LogP contribution in [0, 0.1) is 5.92 Å². The number of hydrogen-bond donors (Lipinski definition) is 2. The predicted octanol–water partition coefficient (Wildman–Crippen LogP) is 0.627. The molecule has 1 aliphatic heterocycles. The SMILES string of the molecule is Cn1ccc(C(C)(O)C2CCCNC2)n1. The molecule has 0 radical (unpaired) electrons. The fraction of sp³-hybridized carbons (Fsp3) is 0.727. The largest absolute Gasteiger partial charge is 0.383 e. The van der Waals surface area contributed by atoms with E-state index in [0.717, 1.165) is 31.6 Å². The summed E-state index contributed by atoms with van der Waals surface area (Å²) in [5.74, 6) is 0.265. The summed E-state index contributed by atoms with van der Waals surface area (Å²) in [5.41, 5.74) is -0.0343. The number of piperidine rings is 1. The Bertz CT molecular complexity index is 326. The Morgan fingerprint density at radius 1 is 1.67 bits per heavy atom. The van der Waals surface area contributed by atoms with Crippen molar-refractivity contribution >= 4 is 0 Å². The van der Waals surface area contributed by atoms with Gasteiger partial charge in [-0.3, -0.25) is 4.68 Å². The molecular weight excluding hydrogens is 190 g/mol. The van der Waals surface area contributed by atoms with Crippen molar-refractivity contribution in [2.45, 2.75) is 25.4 Å². The predicted molar refractivity (Wildman–Crippen MR) is 58.4 cm³/mol. The number of nitrogens with zero attached hydrogens (tertiary/aromatic N) is 2. The van der Waals surface area contributed by atoms with Gasteiger partial charge in [0, 0.05) is 25.7 Å². The first kappa shape index (κ1) is 10.6. The summed E-state index contributed by atoms with van der Waals surface area (Å²) in [6.45, 7) is 3.81. The summed E-state index contributed by atoms with van der Waals surface area (Å²) in [7, 11) is 1.87. The minimum atomic E-state index is -0.811. The van der Waals surface area contributed by atoms with Gasteiger partial charge in [-0.2, -0.15) is 5.10 Å². The van der Waals surface area contributed by atoms with E-state index in [0.29, 0.717) is 0 Å². The Morgan fingerprint density at radius 3 is 3.00 bits per heavy atom. The van der Waals surface area contributed by atoms with E-state index in [9.17, 15) is 5.11 Å². The summed E-state index contributed by atoms with van der Waals surface area (Å²) in [4.78, 5) is 0. The molecule has 4 nitrogen and oxygen atoms in total. The smallest absolute Gasteiger partial charge is 0.110 e. The summed E-state index contributed by atoms with van der Waals surface area (Å²) in [6, 6.07) is 1.90. The monoisotopic (exact) mass is 209 g/mol. The standard InChI is InChI=1S/C11H19N3O/c1-11(15,9-4-3-6-12-8-9)10-5-7-14(2)13-10/h5,7,9,12,15H,3-4,6,8H2,1-2H3. The molecule has 2 N–H and O–H groups in total. The van der Waals surface area contributed by atoms with Gasteiger partial charge in [-0.25, -0.2) is 0 Å². The third kappa shape index (κ3) is 2.06. The summed E-state index contributed by atoms with van der Waals surface area (Å²) >= 11 is 0. The van der Waals surface area contributed by atoms with Gasteiger partial charge in [0.1, 0.15) is 5.60 Å². The van der Waals surface area contributed by atoms with Crippen molar-refractivity contribution in [3.63, 3.8) is 0 Å². The lowest BCUT2D eigenvalue weighted by Gasteiger charge is -2.34. The average Bonchev–Trinajstić information content (AvgIpc) is 2.67. The quantitative estimate of drug-likeness (QED) is 0.751. The van der Waals surface area contributed by atoms with Crippen molar-refractivity contribution in [1.82, 2.24) is 15.1 Å². The Hall–Kier alpha value is -0.870. The van der Waals surface area contributed by atoms with E-state index in [1.54, 1.807) is 4.68 Å². The first-order chi connectivity index (χ1) is 7.10. The van der Waals surface area contributed by atoms with Crippen LogP contribution in [0.1, 0.15) is 25.5 Å². The third-order valence-corrected chi connectivity index (χ3v) is 3.32. The maximum absolute atomic E-state index is 10.5. The number of aliphatic hydroxyl groups is 1. The molecule has 2 heterocycles. The molecule has 4 heteroatoms. The van der Waals surface area contributed by atoms with Crippen LogP contribution in [0.15, 0.2) is 12.3 Å². The van der Waals surface area contributed by atoms with Gasteiger partial charge >= 0.3 is 0 Å². The zero-order chi connectivity index (χ0) is 10.9. The van der Waals surface area contributed by atoms with Crippen LogP contribution < -0.4 is 5.32 Å². The zero-order valence-electron chi connectivity index (χ0n) is 9.40. The maximum atomic E-state index is 10.5. The topological polar surface area (TPSA) is 50.1 Å². The van der Waals surface area contributed by atoms with E-state index in [2.05, 4.69) is 10.4 Å². The highest BCUT2D eigenvalue weighted by Gasteiger charge is 2.36. The van der Waals surface area contributed by atoms with Gasteiger partial charge in [0.25, 0.3) is 0 Å². The third-order valence-electron chi connectivity index (χ3n) is 3.32. The normalized spacial score (nSPS) is 26.2. The molecule has 0 aliphatic carbocycles. The second kappa shape index (κ2) is 3.94. The molecule has 84 valence electrons. The molecule has 1 fully saturated rings. The van der Waals surface area contributed by atoms with Crippen LogP contribution in [0.3, 0.4) is 0 Å². The van der Waals surface area contributed by atoms with Crippen LogP contribution in [0.4, 0.5) is 0 Å². The number of aryl methyl sites for hydroxylation is 1. The number of aromatic nitrogens is 2. The molecule has 0 spiro atoms. The molecule has 0 amide bonds. The molecule has 1 aromatic rings. The first-order valence-corrected chi connectivity index (χ1v) is 5.54. The van der Waals surface area contributed by atoms with Crippen LogP contribution in [0.2, 0.25) is 0 Å². The van der Waals surface area contributed by atoms with E-state index < -0.39 is 5.60 Å². The van der Waals surface area contributed by atoms with Crippen molar-refractivity contribution < 1.29 is 5.11 Å². The van der Waals surface area contributed by atoms with Gasteiger partial charge in [-0.1, -0.05) is 0 Å². The molecular formula is C11H19N3O. The van der Waals surface area contributed by atoms with E-state index in [-0.39, 0.29) is 5.92 Å². The van der Waals surface area contributed by atoms with Gasteiger partial charge in [0.05, 0.1) is 5.69 Å². The molecule has 1 aromatic heterocycles. The average molecular weight is 209 g/mol. The van der Waals surface area contributed by atoms with Gasteiger partial charge in [0.2, 0.25) is 0 Å². The second-order valence-electron chi connectivity index (χ2n) is 4.57. The van der Waals surface area contributed by atoms with E-state index >= 15 is 0 Å². The minimum Gasteiger partial charge on any atom is -0.383 e. The van der Waals surface area contributed by atoms with Gasteiger partial charge in [-0.05, 0) is 32.4 Å². The number of hydrogen-bond acceptors (Lipinski definition) is 3. The van der Waals surface area contributed by atoms with Crippen molar-refractivity contribution in [3.05, 3.63) is 18.0 Å². The highest BCUT2D eigenvalue weighted by molar-refractivity contribution is 5.11. The van der Waals surface area contributed by atoms with Crippen molar-refractivity contribution in [2.24, 2.45) is 13.0 Å². The maximum Gasteiger partial charge on any atom is 0.110 e. The fourth-order valence-electron chi connectivity index (χ4n) is 2.23. The molecule has 0 aromatic carbocycles. The summed E-state index contributed by atoms with van der Waals surface area (Å²) in [6.07, 6.45) is 4.07. The zero-order valence-corrected chi connectivity index (χ0v) is 9.40. The van der Waals surface area contributed by atoms with Crippen LogP contribution in [0.25, 0.3) is 0 Å². The number of rotatable bonds is 2. The minimum absolute atomic E-state index is 0.265. The van der Waals surface area contributed by atoms with Crippen molar-refractivity contribution in [1.29, 1.82) is 0 Å². The molecule has 15 heavy (non-hydrogen) atoms. The van der Waals surface area contributed by atoms with Crippen molar-refractivity contribution in [3.8, 4) is 0 Å². The fourth-order valence-corrected chi connectivity index (χ4v) is 2.23. The Morgan fingerprint density at radius 2 is 2.47 bits per heavy atom. The molecule has 2 rings (SSSR count). The Labute approximate surface area is 90.3 Å². The summed E-state index contributed by atoms with van der Waals surface area (Å²) in [5, 5.41) is 18.1. The van der Waals surface area contributed by atoms with Gasteiger partial charge in [-0.15, -0.1) is 0 Å². The molecule has 1 saturated heterocycles. The van der Waals surface area contributed by atoms with Crippen LogP contribution in [0.5, 0.6) is 0 Å². The lowest BCUT2D eigenvalue weighted by atomic mass is 9.81. The van der Waals surface area contributed by atoms with Gasteiger partial charge < -0.3 is 10.4 Å². The lowest BCUT2D eigenvalue weighted by molar-refractivity contribution is -0.0198. The highest BCUT2D eigenvalue weighted by atomic mass is 16.3. The van der Waals surface area contributed by atoms with Crippen LogP contribution in [-0.2, 0) is 12.6 Å². The van der Waals surface area contributed by atoms with E-state index in [4.69, 9.17) is 0 Å². The molecule has 2 unspecified atom stereocenters. The Balaban J connectivity index is 2.17. The second-order valence-corrected chi connectivity index (χ2v) is 4.57. The first-order valence-electron chi connectivity index (χ1n) is 5.54. The lowest BCUT2D eigenvalue weighted by Crippen LogP contribution is -2.42. The van der Waals surface area contributed by atoms with E-state index in [1.165, 1.54) is 0 Å².